The van der Waals surface area contributed by atoms with Crippen molar-refractivity contribution < 1.29 is 4.79 Å². The van der Waals surface area contributed by atoms with Crippen LogP contribution in [-0.2, 0) is 4.87 Å². The van der Waals surface area contributed by atoms with Gasteiger partial charge in [0.15, 0.2) is 10.8 Å². The maximum atomic E-state index is 11.9. The molecule has 3 heterocycles. The molecule has 4 rings (SSSR count). The van der Waals surface area contributed by atoms with Crippen molar-refractivity contribution in [2.45, 2.75) is 11.8 Å². The van der Waals surface area contributed by atoms with Gasteiger partial charge in [-0.15, -0.1) is 12.6 Å². The van der Waals surface area contributed by atoms with Gasteiger partial charge in [0.1, 0.15) is 28.4 Å². The van der Waals surface area contributed by atoms with Crippen molar-refractivity contribution in [1.29, 1.82) is 0 Å². The number of nitrogens with one attached hydrogen (secondary N) is 1. The number of imidazole rings is 1. The summed E-state index contributed by atoms with van der Waals surface area (Å²) in [5.74, 6) is -0.620. The lowest BCUT2D eigenvalue weighted by Crippen LogP contribution is -2.30. The average molecular weight is 441 g/mol. The van der Waals surface area contributed by atoms with E-state index >= 15 is 0 Å². The van der Waals surface area contributed by atoms with Gasteiger partial charge in [-0.1, -0.05) is 41.9 Å². The van der Waals surface area contributed by atoms with Crippen LogP contribution in [0, 0.1) is 0 Å². The van der Waals surface area contributed by atoms with Crippen LogP contribution >= 0.6 is 24.2 Å². The van der Waals surface area contributed by atoms with Crippen molar-refractivity contribution in [2.75, 3.05) is 11.1 Å². The molecule has 1 amide bonds. The van der Waals surface area contributed by atoms with Crippen LogP contribution in [-0.4, -0.2) is 30.5 Å². The maximum Gasteiger partial charge on any atom is 0.256 e. The number of amides is 1. The number of hydrogen-bond donors (Lipinski definition) is 4. The topological polar surface area (TPSA) is 137 Å². The first-order valence-corrected chi connectivity index (χ1v) is 9.61. The number of carbonyl (C=O) groups excluding carboxylic acids is 1. The highest BCUT2D eigenvalue weighted by atomic mass is 35.5. The van der Waals surface area contributed by atoms with Crippen molar-refractivity contribution in [2.24, 2.45) is 5.73 Å². The number of rotatable bonds is 5. The zero-order valence-electron chi connectivity index (χ0n) is 15.7. The Morgan fingerprint density at radius 2 is 1.97 bits per heavy atom. The lowest BCUT2D eigenvalue weighted by Gasteiger charge is -2.29. The summed E-state index contributed by atoms with van der Waals surface area (Å²) in [5, 5.41) is 8.18. The summed E-state index contributed by atoms with van der Waals surface area (Å²) >= 11 is 11.0. The third-order valence-electron chi connectivity index (χ3n) is 4.51. The van der Waals surface area contributed by atoms with Crippen molar-refractivity contribution in [3.63, 3.8) is 0 Å². The summed E-state index contributed by atoms with van der Waals surface area (Å²) in [4.78, 5) is 23.1. The van der Waals surface area contributed by atoms with Crippen LogP contribution in [0.1, 0.15) is 22.8 Å². The van der Waals surface area contributed by atoms with Gasteiger partial charge < -0.3 is 16.8 Å². The lowest BCUT2D eigenvalue weighted by atomic mass is 10.0. The Balaban J connectivity index is 1.90. The molecule has 30 heavy (non-hydrogen) atoms. The SMILES string of the molecule is C[C@@](S)(Nc1ncnc(N)c1C(N)=O)c1cc2ncc(Cl)n2nc1-c1ccccc1. The van der Waals surface area contributed by atoms with E-state index in [0.717, 1.165) is 5.56 Å². The average Bonchev–Trinajstić information content (AvgIpc) is 3.07. The lowest BCUT2D eigenvalue weighted by molar-refractivity contribution is 0.100. The fourth-order valence-corrected chi connectivity index (χ4v) is 3.55. The number of halogens is 1. The maximum absolute atomic E-state index is 11.9. The number of nitrogen functional groups attached to an aromatic ring is 1. The van der Waals surface area contributed by atoms with Crippen molar-refractivity contribution in [1.82, 2.24) is 24.6 Å². The van der Waals surface area contributed by atoms with Crippen molar-refractivity contribution in [3.05, 3.63) is 65.2 Å². The predicted octanol–water partition coefficient (Wildman–Crippen LogP) is 2.74. The molecule has 0 saturated heterocycles. The highest BCUT2D eigenvalue weighted by Gasteiger charge is 2.30. The standard InChI is InChI=1S/C19H17ClN8OS/c1-19(30,26-18-14(17(22)29)16(21)24-9-25-18)11-7-13-23-8-12(20)28(13)27-15(11)10-5-3-2-4-6-10/h2-9,30H,1H3,(H2,22,29)(H3,21,24,25,26)/t19-/m0/s1. The molecule has 0 unspecified atom stereocenters. The molecule has 0 saturated carbocycles. The number of nitrogens with zero attached hydrogens (tertiary/aromatic N) is 5. The van der Waals surface area contributed by atoms with Gasteiger partial charge >= 0.3 is 0 Å². The number of primary amides is 1. The smallest absolute Gasteiger partial charge is 0.256 e. The Kier molecular flexibility index (Phi) is 4.96. The van der Waals surface area contributed by atoms with E-state index < -0.39 is 10.8 Å². The first kappa shape index (κ1) is 19.9. The Hall–Kier alpha value is -3.37. The Labute approximate surface area is 181 Å². The van der Waals surface area contributed by atoms with Gasteiger partial charge in [-0.25, -0.2) is 19.5 Å². The van der Waals surface area contributed by atoms with E-state index in [2.05, 4.69) is 25.4 Å². The molecule has 11 heteroatoms. The number of hydrogen-bond acceptors (Lipinski definition) is 8. The molecule has 4 aromatic rings. The second-order valence-corrected chi connectivity index (χ2v) is 7.95. The van der Waals surface area contributed by atoms with Gasteiger partial charge in [0.05, 0.1) is 11.9 Å². The van der Waals surface area contributed by atoms with Crippen LogP contribution < -0.4 is 16.8 Å². The van der Waals surface area contributed by atoms with Gasteiger partial charge in [-0.2, -0.15) is 5.10 Å². The predicted molar refractivity (Wildman–Crippen MR) is 118 cm³/mol. The molecule has 0 fully saturated rings. The van der Waals surface area contributed by atoms with E-state index in [0.29, 0.717) is 22.1 Å². The number of anilines is 2. The fraction of sp³-hybridized carbons (Fsp3) is 0.105. The Morgan fingerprint density at radius 3 is 2.67 bits per heavy atom. The van der Waals surface area contributed by atoms with E-state index in [-0.39, 0.29) is 17.2 Å². The molecule has 1 aromatic carbocycles. The van der Waals surface area contributed by atoms with Crippen LogP contribution in [0.4, 0.5) is 11.6 Å². The van der Waals surface area contributed by atoms with E-state index in [1.165, 1.54) is 17.0 Å². The molecule has 0 aliphatic carbocycles. The monoisotopic (exact) mass is 440 g/mol. The second kappa shape index (κ2) is 7.47. The number of aromatic nitrogens is 5. The molecule has 0 aliphatic rings. The van der Waals surface area contributed by atoms with E-state index in [1.807, 2.05) is 36.4 Å². The van der Waals surface area contributed by atoms with Gasteiger partial charge in [0.25, 0.3) is 5.91 Å². The highest BCUT2D eigenvalue weighted by Crippen LogP contribution is 2.37. The molecule has 9 nitrogen and oxygen atoms in total. The van der Waals surface area contributed by atoms with Crippen LogP contribution in [0.15, 0.2) is 48.9 Å². The summed E-state index contributed by atoms with van der Waals surface area (Å²) in [7, 11) is 0. The van der Waals surface area contributed by atoms with Crippen LogP contribution in [0.5, 0.6) is 0 Å². The van der Waals surface area contributed by atoms with Gasteiger partial charge in [0.2, 0.25) is 0 Å². The molecule has 0 bridgehead atoms. The Morgan fingerprint density at radius 1 is 1.23 bits per heavy atom. The minimum atomic E-state index is -1.05. The van der Waals surface area contributed by atoms with Crippen LogP contribution in [0.3, 0.4) is 0 Å². The van der Waals surface area contributed by atoms with Crippen LogP contribution in [0.25, 0.3) is 16.9 Å². The number of benzene rings is 1. The molecular weight excluding hydrogens is 424 g/mol. The first-order chi connectivity index (χ1) is 14.3. The number of nitrogens with two attached hydrogens (primary N) is 2. The molecule has 0 spiro atoms. The molecule has 0 aliphatic heterocycles. The minimum Gasteiger partial charge on any atom is -0.383 e. The second-order valence-electron chi connectivity index (χ2n) is 6.67. The summed E-state index contributed by atoms with van der Waals surface area (Å²) in [6.45, 7) is 1.80. The highest BCUT2D eigenvalue weighted by molar-refractivity contribution is 7.81. The number of carbonyl (C=O) groups is 1. The third-order valence-corrected chi connectivity index (χ3v) is 5.12. The van der Waals surface area contributed by atoms with Gasteiger partial charge in [-0.05, 0) is 13.0 Å². The van der Waals surface area contributed by atoms with Crippen LogP contribution in [0.2, 0.25) is 5.15 Å². The Bertz CT molecular complexity index is 1260. The third kappa shape index (κ3) is 3.51. The largest absolute Gasteiger partial charge is 0.383 e. The summed E-state index contributed by atoms with van der Waals surface area (Å²) < 4.78 is 1.54. The molecule has 0 radical (unpaired) electrons. The zero-order chi connectivity index (χ0) is 21.5. The fourth-order valence-electron chi connectivity index (χ4n) is 3.10. The molecule has 3 aromatic heterocycles. The molecule has 1 atom stereocenters. The van der Waals surface area contributed by atoms with E-state index in [9.17, 15) is 4.79 Å². The number of thiol groups is 1. The van der Waals surface area contributed by atoms with Gasteiger partial charge in [0, 0.05) is 11.1 Å². The summed E-state index contributed by atoms with van der Waals surface area (Å²) in [5.41, 5.74) is 14.0. The molecule has 5 N–H and O–H groups in total. The minimum absolute atomic E-state index is 0.0167. The quantitative estimate of drug-likeness (QED) is 0.276. The number of fused-ring (bicyclic) bond motifs is 1. The van der Waals surface area contributed by atoms with Crippen molar-refractivity contribution in [3.8, 4) is 11.3 Å². The molecular formula is C19H17ClN8OS. The van der Waals surface area contributed by atoms with Gasteiger partial charge in [-0.3, -0.25) is 4.79 Å². The first-order valence-electron chi connectivity index (χ1n) is 8.79. The normalized spacial score (nSPS) is 13.2. The summed E-state index contributed by atoms with van der Waals surface area (Å²) in [6, 6.07) is 11.4. The van der Waals surface area contributed by atoms with Crippen molar-refractivity contribution >= 4 is 47.4 Å². The molecule has 152 valence electrons. The van der Waals surface area contributed by atoms with E-state index in [4.69, 9.17) is 35.7 Å². The van der Waals surface area contributed by atoms with E-state index in [1.54, 1.807) is 6.92 Å². The zero-order valence-corrected chi connectivity index (χ0v) is 17.4. The summed E-state index contributed by atoms with van der Waals surface area (Å²) in [6.07, 6.45) is 2.75.